The van der Waals surface area contributed by atoms with Gasteiger partial charge in [0.1, 0.15) is 0 Å². The minimum atomic E-state index is -0.929. The quantitative estimate of drug-likeness (QED) is 0.723. The molecule has 2 amide bonds. The molecular formula is C11H18N2O4. The molecule has 17 heavy (non-hydrogen) atoms. The van der Waals surface area contributed by atoms with Gasteiger partial charge in [0.25, 0.3) is 0 Å². The molecule has 1 N–H and O–H groups in total. The molecule has 96 valence electrons. The van der Waals surface area contributed by atoms with E-state index in [0.717, 1.165) is 6.42 Å². The molecule has 1 fully saturated rings. The van der Waals surface area contributed by atoms with Crippen LogP contribution >= 0.6 is 0 Å². The Hall–Kier alpha value is -1.59. The molecule has 0 radical (unpaired) electrons. The van der Waals surface area contributed by atoms with Crippen molar-refractivity contribution in [3.05, 3.63) is 0 Å². The average Bonchev–Trinajstić information content (AvgIpc) is 2.64. The average molecular weight is 242 g/mol. The maximum absolute atomic E-state index is 11.7. The third kappa shape index (κ3) is 3.72. The van der Waals surface area contributed by atoms with Crippen molar-refractivity contribution in [2.45, 2.75) is 19.8 Å². The largest absolute Gasteiger partial charge is 0.481 e. The summed E-state index contributed by atoms with van der Waals surface area (Å²) in [5.41, 5.74) is 0. The van der Waals surface area contributed by atoms with E-state index in [2.05, 4.69) is 0 Å². The van der Waals surface area contributed by atoms with Crippen LogP contribution in [-0.4, -0.2) is 59.4 Å². The highest BCUT2D eigenvalue weighted by Gasteiger charge is 2.24. The first-order valence-corrected chi connectivity index (χ1v) is 5.66. The van der Waals surface area contributed by atoms with Crippen molar-refractivity contribution in [1.29, 1.82) is 0 Å². The van der Waals surface area contributed by atoms with Crippen LogP contribution in [0.15, 0.2) is 0 Å². The van der Waals surface area contributed by atoms with Crippen molar-refractivity contribution < 1.29 is 19.5 Å². The fourth-order valence-electron chi connectivity index (χ4n) is 1.75. The molecule has 6 nitrogen and oxygen atoms in total. The molecule has 1 heterocycles. The number of carboxylic acids is 1. The Balaban J connectivity index is 2.41. The molecule has 0 bridgehead atoms. The summed E-state index contributed by atoms with van der Waals surface area (Å²) in [4.78, 5) is 36.6. The lowest BCUT2D eigenvalue weighted by Crippen LogP contribution is -2.41. The highest BCUT2D eigenvalue weighted by molar-refractivity contribution is 5.86. The number of nitrogens with zero attached hydrogens (tertiary/aromatic N) is 2. The lowest BCUT2D eigenvalue weighted by Gasteiger charge is -2.22. The normalized spacial score (nSPS) is 17.1. The predicted octanol–water partition coefficient (Wildman–Crippen LogP) is -0.212. The van der Waals surface area contributed by atoms with Gasteiger partial charge in [-0.2, -0.15) is 0 Å². The highest BCUT2D eigenvalue weighted by Crippen LogP contribution is 2.09. The lowest BCUT2D eigenvalue weighted by atomic mass is 10.2. The lowest BCUT2D eigenvalue weighted by molar-refractivity contribution is -0.143. The van der Waals surface area contributed by atoms with E-state index in [1.807, 2.05) is 0 Å². The van der Waals surface area contributed by atoms with Crippen LogP contribution in [0, 0.1) is 5.92 Å². The number of carboxylic acid groups (broad SMARTS) is 1. The molecular weight excluding hydrogens is 224 g/mol. The van der Waals surface area contributed by atoms with Crippen molar-refractivity contribution in [3.63, 3.8) is 0 Å². The maximum Gasteiger partial charge on any atom is 0.308 e. The number of likely N-dealkylation sites (N-methyl/N-ethyl adjacent to an activating group) is 1. The Bertz CT molecular complexity index is 329. The molecule has 0 aromatic heterocycles. The molecule has 1 rings (SSSR count). The predicted molar refractivity (Wildman–Crippen MR) is 60.3 cm³/mol. The molecule has 0 saturated carbocycles. The van der Waals surface area contributed by atoms with Gasteiger partial charge in [0.05, 0.1) is 12.5 Å². The first-order chi connectivity index (χ1) is 7.91. The highest BCUT2D eigenvalue weighted by atomic mass is 16.4. The Morgan fingerprint density at radius 1 is 1.53 bits per heavy atom. The van der Waals surface area contributed by atoms with Gasteiger partial charge in [0, 0.05) is 26.6 Å². The first-order valence-electron chi connectivity index (χ1n) is 5.66. The first kappa shape index (κ1) is 13.5. The molecule has 1 aliphatic heterocycles. The smallest absolute Gasteiger partial charge is 0.308 e. The minimum Gasteiger partial charge on any atom is -0.481 e. The van der Waals surface area contributed by atoms with Crippen LogP contribution in [0.4, 0.5) is 0 Å². The van der Waals surface area contributed by atoms with Crippen molar-refractivity contribution in [1.82, 2.24) is 9.80 Å². The van der Waals surface area contributed by atoms with Crippen LogP contribution in [0.3, 0.4) is 0 Å². The molecule has 1 atom stereocenters. The fraction of sp³-hybridized carbons (Fsp3) is 0.727. The van der Waals surface area contributed by atoms with Crippen LogP contribution in [0.5, 0.6) is 0 Å². The molecule has 6 heteroatoms. The number of carbonyl (C=O) groups excluding carboxylic acids is 2. The van der Waals surface area contributed by atoms with E-state index in [9.17, 15) is 14.4 Å². The molecule has 0 aromatic rings. The second-order valence-corrected chi connectivity index (χ2v) is 4.43. The van der Waals surface area contributed by atoms with Crippen LogP contribution in [0.25, 0.3) is 0 Å². The summed E-state index contributed by atoms with van der Waals surface area (Å²) < 4.78 is 0. The van der Waals surface area contributed by atoms with Gasteiger partial charge in [-0.05, 0) is 6.42 Å². The molecule has 1 unspecified atom stereocenters. The SMILES string of the molecule is CC(CN(C)C(=O)CN1CCCC1=O)C(=O)O. The van der Waals surface area contributed by atoms with E-state index >= 15 is 0 Å². The molecule has 1 saturated heterocycles. The van der Waals surface area contributed by atoms with E-state index in [4.69, 9.17) is 5.11 Å². The maximum atomic E-state index is 11.7. The van der Waals surface area contributed by atoms with E-state index < -0.39 is 11.9 Å². The Morgan fingerprint density at radius 3 is 2.65 bits per heavy atom. The van der Waals surface area contributed by atoms with E-state index in [0.29, 0.717) is 13.0 Å². The van der Waals surface area contributed by atoms with Gasteiger partial charge in [-0.3, -0.25) is 14.4 Å². The number of carbonyl (C=O) groups is 3. The zero-order valence-electron chi connectivity index (χ0n) is 10.2. The van der Waals surface area contributed by atoms with Crippen molar-refractivity contribution in [2.75, 3.05) is 26.7 Å². The summed E-state index contributed by atoms with van der Waals surface area (Å²) >= 11 is 0. The van der Waals surface area contributed by atoms with Gasteiger partial charge in [-0.1, -0.05) is 6.92 Å². The molecule has 0 aliphatic carbocycles. The van der Waals surface area contributed by atoms with Gasteiger partial charge >= 0.3 is 5.97 Å². The Morgan fingerprint density at radius 2 is 2.18 bits per heavy atom. The van der Waals surface area contributed by atoms with Gasteiger partial charge < -0.3 is 14.9 Å². The van der Waals surface area contributed by atoms with Crippen LogP contribution in [0.1, 0.15) is 19.8 Å². The van der Waals surface area contributed by atoms with Gasteiger partial charge in [0.15, 0.2) is 0 Å². The Labute approximate surface area is 100 Å². The van der Waals surface area contributed by atoms with Crippen molar-refractivity contribution in [2.24, 2.45) is 5.92 Å². The summed E-state index contributed by atoms with van der Waals surface area (Å²) in [7, 11) is 1.56. The molecule has 0 aromatic carbocycles. The van der Waals surface area contributed by atoms with Gasteiger partial charge in [-0.15, -0.1) is 0 Å². The summed E-state index contributed by atoms with van der Waals surface area (Å²) in [6.07, 6.45) is 1.30. The number of hydrogen-bond donors (Lipinski definition) is 1. The number of aliphatic carboxylic acids is 1. The fourth-order valence-corrected chi connectivity index (χ4v) is 1.75. The molecule has 1 aliphatic rings. The number of likely N-dealkylation sites (tertiary alicyclic amines) is 1. The second-order valence-electron chi connectivity index (χ2n) is 4.43. The summed E-state index contributed by atoms with van der Waals surface area (Å²) in [5, 5.41) is 8.74. The zero-order valence-corrected chi connectivity index (χ0v) is 10.2. The van der Waals surface area contributed by atoms with Crippen molar-refractivity contribution >= 4 is 17.8 Å². The summed E-state index contributed by atoms with van der Waals surface area (Å²) in [6, 6.07) is 0. The second kappa shape index (κ2) is 5.65. The minimum absolute atomic E-state index is 0.00182. The van der Waals surface area contributed by atoms with E-state index in [1.165, 1.54) is 9.80 Å². The van der Waals surface area contributed by atoms with Crippen LogP contribution < -0.4 is 0 Å². The molecule has 0 spiro atoms. The third-order valence-electron chi connectivity index (χ3n) is 2.89. The van der Waals surface area contributed by atoms with E-state index in [1.54, 1.807) is 14.0 Å². The van der Waals surface area contributed by atoms with Crippen LogP contribution in [-0.2, 0) is 14.4 Å². The zero-order chi connectivity index (χ0) is 13.0. The number of rotatable bonds is 5. The summed E-state index contributed by atoms with van der Waals surface area (Å²) in [6.45, 7) is 2.39. The standard InChI is InChI=1S/C11H18N2O4/c1-8(11(16)17)6-12(2)10(15)7-13-5-3-4-9(13)14/h8H,3-7H2,1-2H3,(H,16,17). The monoisotopic (exact) mass is 242 g/mol. The third-order valence-corrected chi connectivity index (χ3v) is 2.89. The van der Waals surface area contributed by atoms with Gasteiger partial charge in [-0.25, -0.2) is 0 Å². The number of hydrogen-bond acceptors (Lipinski definition) is 3. The van der Waals surface area contributed by atoms with Crippen LogP contribution in [0.2, 0.25) is 0 Å². The topological polar surface area (TPSA) is 77.9 Å². The van der Waals surface area contributed by atoms with Gasteiger partial charge in [0.2, 0.25) is 11.8 Å². The van der Waals surface area contributed by atoms with Crippen molar-refractivity contribution in [3.8, 4) is 0 Å². The van der Waals surface area contributed by atoms with E-state index in [-0.39, 0.29) is 24.9 Å². The summed E-state index contributed by atoms with van der Waals surface area (Å²) in [5.74, 6) is -1.74. The Kier molecular flexibility index (Phi) is 4.48. The number of amides is 2.